The maximum Gasteiger partial charge on any atom is 0.0468 e. The van der Waals surface area contributed by atoms with E-state index in [1.54, 1.807) is 0 Å². The van der Waals surface area contributed by atoms with Gasteiger partial charge in [0.15, 0.2) is 0 Å². The molecule has 8 rings (SSSR count). The van der Waals surface area contributed by atoms with E-state index in [0.717, 1.165) is 23.5 Å². The van der Waals surface area contributed by atoms with Crippen LogP contribution < -0.4 is 14.7 Å². The maximum atomic E-state index is 4.02. The fraction of sp³-hybridized carbons (Fsp3) is 0.0800. The fourth-order valence-electron chi connectivity index (χ4n) is 6.70. The highest BCUT2D eigenvalue weighted by Crippen LogP contribution is 2.40. The SMILES string of the molecule is C/C=C/C(C)=C/C.C=C/C=c1/sc2ccc(N(c3ccccc3)c3ccccc3)cc2/c1=C/Cc1ccc2c(c1)sc1c(-c3ccccc3)cccc12. The second kappa shape index (κ2) is 16.7. The van der Waals surface area contributed by atoms with Crippen molar-refractivity contribution in [3.63, 3.8) is 0 Å². The van der Waals surface area contributed by atoms with Crippen LogP contribution >= 0.6 is 22.7 Å². The van der Waals surface area contributed by atoms with Gasteiger partial charge in [-0.2, -0.15) is 0 Å². The summed E-state index contributed by atoms with van der Waals surface area (Å²) in [6.45, 7) is 10.2. The number of nitrogens with zero attached hydrogens (tertiary/aromatic N) is 1. The first kappa shape index (κ1) is 35.7. The summed E-state index contributed by atoms with van der Waals surface area (Å²) < 4.78 is 5.20. The van der Waals surface area contributed by atoms with Crippen LogP contribution in [0.2, 0.25) is 0 Å². The third-order valence-electron chi connectivity index (χ3n) is 9.37. The molecule has 0 aliphatic carbocycles. The topological polar surface area (TPSA) is 3.24 Å². The Morgan fingerprint density at radius 1 is 0.642 bits per heavy atom. The first-order valence-corrected chi connectivity index (χ1v) is 19.7. The monoisotopic (exact) mass is 721 g/mol. The van der Waals surface area contributed by atoms with E-state index in [-0.39, 0.29) is 0 Å². The molecule has 0 unspecified atom stereocenters. The molecule has 0 fully saturated rings. The minimum absolute atomic E-state index is 0.852. The molecular formula is C50H43NS2. The molecule has 0 bridgehead atoms. The summed E-state index contributed by atoms with van der Waals surface area (Å²) in [6.07, 6.45) is 13.5. The number of thiophene rings is 2. The van der Waals surface area contributed by atoms with Crippen LogP contribution in [0.3, 0.4) is 0 Å². The van der Waals surface area contributed by atoms with Crippen molar-refractivity contribution in [1.82, 2.24) is 0 Å². The molecule has 0 N–H and O–H groups in total. The van der Waals surface area contributed by atoms with Crippen LogP contribution in [-0.2, 0) is 6.42 Å². The molecule has 6 aromatic carbocycles. The predicted molar refractivity (Wildman–Crippen MR) is 238 cm³/mol. The molecule has 2 aromatic heterocycles. The number of hydrogen-bond donors (Lipinski definition) is 0. The summed E-state index contributed by atoms with van der Waals surface area (Å²) in [5, 5.41) is 5.20. The summed E-state index contributed by atoms with van der Waals surface area (Å²) in [4.78, 5) is 2.33. The highest BCUT2D eigenvalue weighted by molar-refractivity contribution is 7.26. The Kier molecular flexibility index (Phi) is 11.3. The molecule has 260 valence electrons. The number of rotatable bonds is 8. The maximum absolute atomic E-state index is 4.02. The molecule has 3 heteroatoms. The van der Waals surface area contributed by atoms with Gasteiger partial charge in [-0.05, 0) is 104 Å². The Labute approximate surface area is 321 Å². The van der Waals surface area contributed by atoms with Gasteiger partial charge in [0.2, 0.25) is 0 Å². The lowest BCUT2D eigenvalue weighted by Gasteiger charge is -2.25. The molecule has 2 heterocycles. The lowest BCUT2D eigenvalue weighted by atomic mass is 10.0. The summed E-state index contributed by atoms with van der Waals surface area (Å²) >= 11 is 3.72. The molecule has 0 atom stereocenters. The van der Waals surface area contributed by atoms with Crippen molar-refractivity contribution in [2.45, 2.75) is 27.2 Å². The molecular weight excluding hydrogens is 679 g/mol. The third-order valence-corrected chi connectivity index (χ3v) is 11.7. The van der Waals surface area contributed by atoms with E-state index in [9.17, 15) is 0 Å². The van der Waals surface area contributed by atoms with Crippen molar-refractivity contribution in [3.05, 3.63) is 197 Å². The Hall–Kier alpha value is -5.74. The number of anilines is 3. The van der Waals surface area contributed by atoms with Crippen molar-refractivity contribution >= 4 is 82.1 Å². The highest BCUT2D eigenvalue weighted by Gasteiger charge is 2.14. The third kappa shape index (κ3) is 7.88. The minimum Gasteiger partial charge on any atom is -0.310 e. The number of hydrogen-bond acceptors (Lipinski definition) is 3. The summed E-state index contributed by atoms with van der Waals surface area (Å²) in [6, 6.07) is 52.4. The average molecular weight is 722 g/mol. The summed E-state index contributed by atoms with van der Waals surface area (Å²) in [5.41, 5.74) is 8.62. The molecule has 53 heavy (non-hydrogen) atoms. The van der Waals surface area contributed by atoms with Crippen molar-refractivity contribution in [2.75, 3.05) is 4.90 Å². The number of fused-ring (bicyclic) bond motifs is 4. The van der Waals surface area contributed by atoms with Gasteiger partial charge >= 0.3 is 0 Å². The molecule has 0 aliphatic rings. The minimum atomic E-state index is 0.852. The van der Waals surface area contributed by atoms with Gasteiger partial charge in [0.05, 0.1) is 0 Å². The van der Waals surface area contributed by atoms with Crippen LogP contribution in [0.1, 0.15) is 26.3 Å². The molecule has 0 saturated carbocycles. The van der Waals surface area contributed by atoms with Crippen LogP contribution in [-0.4, -0.2) is 0 Å². The molecule has 0 aliphatic heterocycles. The van der Waals surface area contributed by atoms with Crippen LogP contribution in [0.15, 0.2) is 182 Å². The van der Waals surface area contributed by atoms with Crippen LogP contribution in [0.4, 0.5) is 17.1 Å². The van der Waals surface area contributed by atoms with Crippen LogP contribution in [0.25, 0.3) is 53.5 Å². The number of benzene rings is 6. The van der Waals surface area contributed by atoms with Gasteiger partial charge in [-0.15, -0.1) is 22.7 Å². The highest BCUT2D eigenvalue weighted by atomic mass is 32.1. The summed E-state index contributed by atoms with van der Waals surface area (Å²) in [7, 11) is 0. The van der Waals surface area contributed by atoms with Gasteiger partial charge in [0.1, 0.15) is 0 Å². The zero-order valence-electron chi connectivity index (χ0n) is 30.5. The Morgan fingerprint density at radius 3 is 1.98 bits per heavy atom. The van der Waals surface area contributed by atoms with E-state index < -0.39 is 0 Å². The second-order valence-corrected chi connectivity index (χ2v) is 15.0. The van der Waals surface area contributed by atoms with Crippen LogP contribution in [0.5, 0.6) is 0 Å². The molecule has 0 saturated heterocycles. The Morgan fingerprint density at radius 2 is 1.34 bits per heavy atom. The van der Waals surface area contributed by atoms with Gasteiger partial charge < -0.3 is 4.90 Å². The lowest BCUT2D eigenvalue weighted by Crippen LogP contribution is -2.19. The van der Waals surface area contributed by atoms with Gasteiger partial charge in [-0.3, -0.25) is 0 Å². The van der Waals surface area contributed by atoms with Crippen molar-refractivity contribution in [2.24, 2.45) is 0 Å². The van der Waals surface area contributed by atoms with E-state index in [4.69, 9.17) is 0 Å². The largest absolute Gasteiger partial charge is 0.310 e. The van der Waals surface area contributed by atoms with E-state index in [2.05, 4.69) is 188 Å². The van der Waals surface area contributed by atoms with Gasteiger partial charge in [0, 0.05) is 51.9 Å². The Balaban J connectivity index is 0.000000568. The van der Waals surface area contributed by atoms with Crippen molar-refractivity contribution in [3.8, 4) is 11.1 Å². The normalized spacial score (nSPS) is 12.5. The predicted octanol–water partition coefficient (Wildman–Crippen LogP) is 13.9. The first-order valence-electron chi connectivity index (χ1n) is 18.1. The van der Waals surface area contributed by atoms with Gasteiger partial charge in [0.25, 0.3) is 0 Å². The van der Waals surface area contributed by atoms with E-state index in [0.29, 0.717) is 0 Å². The second-order valence-electron chi connectivity index (χ2n) is 12.9. The zero-order valence-corrected chi connectivity index (χ0v) is 32.1. The molecule has 0 radical (unpaired) electrons. The fourth-order valence-corrected chi connectivity index (χ4v) is 9.12. The number of allylic oxidation sites excluding steroid dienone is 5. The van der Waals surface area contributed by atoms with Crippen LogP contribution in [0, 0.1) is 0 Å². The van der Waals surface area contributed by atoms with Crippen molar-refractivity contribution < 1.29 is 0 Å². The lowest BCUT2D eigenvalue weighted by molar-refractivity contribution is 1.29. The molecule has 0 spiro atoms. The molecule has 8 aromatic rings. The van der Waals surface area contributed by atoms with Gasteiger partial charge in [-0.25, -0.2) is 0 Å². The quantitative estimate of drug-likeness (QED) is 0.141. The van der Waals surface area contributed by atoms with E-state index in [1.807, 2.05) is 48.7 Å². The van der Waals surface area contributed by atoms with Gasteiger partial charge in [-0.1, -0.05) is 140 Å². The molecule has 0 amide bonds. The summed E-state index contributed by atoms with van der Waals surface area (Å²) in [5.74, 6) is 0. The van der Waals surface area contributed by atoms with E-state index >= 15 is 0 Å². The Bertz CT molecular complexity index is 2640. The zero-order chi connectivity index (χ0) is 36.6. The average Bonchev–Trinajstić information content (AvgIpc) is 3.75. The smallest absolute Gasteiger partial charge is 0.0468 e. The molecule has 1 nitrogen and oxygen atoms in total. The standard InChI is InChI=1S/C43H31NS2.C7H12/c1-2-13-40-37(39-29-34(24-27-41(39)45-40)44(32-16-8-4-9-17-32)33-18-10-5-11-19-33)26-23-30-22-25-36-38-21-12-20-35(31-14-6-3-7-15-31)43(38)46-42(36)28-30;1-4-6-7(3)5-2/h2-22,24-29H,1,23H2;4-6H,1-3H3/b37-26-,40-13+;6-4+,7-5+. The van der Waals surface area contributed by atoms with E-state index in [1.165, 1.54) is 62.3 Å². The first-order chi connectivity index (χ1) is 26.1. The number of para-hydroxylation sites is 2. The van der Waals surface area contributed by atoms with Crippen molar-refractivity contribution in [1.29, 1.82) is 0 Å².